The van der Waals surface area contributed by atoms with Crippen LogP contribution in [0, 0.1) is 13.8 Å². The van der Waals surface area contributed by atoms with Gasteiger partial charge in [-0.05, 0) is 55.7 Å². The van der Waals surface area contributed by atoms with Gasteiger partial charge in [0.2, 0.25) is 0 Å². The Hall–Kier alpha value is -3.12. The van der Waals surface area contributed by atoms with Gasteiger partial charge in [-0.2, -0.15) is 0 Å². The normalized spacial score (nSPS) is 18.8. The Morgan fingerprint density at radius 1 is 1.13 bits per heavy atom. The predicted molar refractivity (Wildman–Crippen MR) is 116 cm³/mol. The molecule has 1 aliphatic rings. The molecule has 0 bridgehead atoms. The second-order valence-corrected chi connectivity index (χ2v) is 8.05. The summed E-state index contributed by atoms with van der Waals surface area (Å²) in [6.45, 7) is 5.76. The summed E-state index contributed by atoms with van der Waals surface area (Å²) >= 11 is 6.43. The predicted octanol–water partition coefficient (Wildman–Crippen LogP) is 4.48. The molecule has 1 saturated heterocycles. The molecule has 2 aromatic carbocycles. The number of hydrogen-bond donors (Lipinski definition) is 1. The molecule has 3 aromatic rings. The first-order valence-corrected chi connectivity index (χ1v) is 9.96. The van der Waals surface area contributed by atoms with Crippen LogP contribution < -0.4 is 10.1 Å². The molecule has 1 aromatic heterocycles. The van der Waals surface area contributed by atoms with Crippen molar-refractivity contribution in [1.29, 1.82) is 0 Å². The third-order valence-electron chi connectivity index (χ3n) is 5.81. The van der Waals surface area contributed by atoms with Crippen LogP contribution in [0.25, 0.3) is 10.9 Å². The van der Waals surface area contributed by atoms with Gasteiger partial charge in [-0.3, -0.25) is 9.69 Å². The molecular formula is C23H22ClN3O3. The molecule has 0 saturated carbocycles. The van der Waals surface area contributed by atoms with Crippen LogP contribution in [0.3, 0.4) is 0 Å². The van der Waals surface area contributed by atoms with Gasteiger partial charge in [0.25, 0.3) is 5.91 Å². The van der Waals surface area contributed by atoms with Crippen molar-refractivity contribution in [3.63, 3.8) is 0 Å². The number of aromatic nitrogens is 1. The first-order valence-electron chi connectivity index (χ1n) is 9.58. The molecule has 1 N–H and O–H groups in total. The van der Waals surface area contributed by atoms with E-state index >= 15 is 0 Å². The number of nitrogens with zero attached hydrogens (tertiary/aromatic N) is 2. The average molecular weight is 424 g/mol. The van der Waals surface area contributed by atoms with Crippen LogP contribution in [0.1, 0.15) is 29.2 Å². The minimum absolute atomic E-state index is 0.0467. The highest BCUT2D eigenvalue weighted by atomic mass is 35.5. The van der Waals surface area contributed by atoms with Crippen molar-refractivity contribution in [2.75, 3.05) is 7.11 Å². The van der Waals surface area contributed by atoms with E-state index < -0.39 is 11.6 Å². The summed E-state index contributed by atoms with van der Waals surface area (Å²) < 4.78 is 5.17. The second-order valence-electron chi connectivity index (χ2n) is 7.69. The number of urea groups is 1. The molecule has 4 rings (SSSR count). The van der Waals surface area contributed by atoms with Crippen molar-refractivity contribution >= 4 is 34.4 Å². The fourth-order valence-corrected chi connectivity index (χ4v) is 3.94. The van der Waals surface area contributed by atoms with E-state index in [1.807, 2.05) is 32.0 Å². The number of imide groups is 1. The summed E-state index contributed by atoms with van der Waals surface area (Å²) in [7, 11) is 1.57. The van der Waals surface area contributed by atoms with E-state index in [9.17, 15) is 9.59 Å². The minimum atomic E-state index is -1.16. The van der Waals surface area contributed by atoms with Gasteiger partial charge in [-0.15, -0.1) is 0 Å². The van der Waals surface area contributed by atoms with Gasteiger partial charge in [-0.25, -0.2) is 9.78 Å². The maximum absolute atomic E-state index is 13.2. The fraction of sp³-hybridized carbons (Fsp3) is 0.261. The van der Waals surface area contributed by atoms with Crippen molar-refractivity contribution in [1.82, 2.24) is 15.2 Å². The first-order chi connectivity index (χ1) is 14.2. The SMILES string of the molecule is COc1ccc([C@@]2(C)NC(=O)N(Cc3cc4ccc(C)c(C)c4nc3Cl)C2=O)cc1. The Morgan fingerprint density at radius 2 is 1.83 bits per heavy atom. The highest BCUT2D eigenvalue weighted by Gasteiger charge is 2.49. The lowest BCUT2D eigenvalue weighted by Gasteiger charge is -2.22. The lowest BCUT2D eigenvalue weighted by Crippen LogP contribution is -2.40. The lowest BCUT2D eigenvalue weighted by molar-refractivity contribution is -0.131. The Balaban J connectivity index is 1.66. The summed E-state index contributed by atoms with van der Waals surface area (Å²) in [5.74, 6) is 0.337. The third kappa shape index (κ3) is 3.17. The minimum Gasteiger partial charge on any atom is -0.497 e. The number of pyridine rings is 1. The monoisotopic (exact) mass is 423 g/mol. The van der Waals surface area contributed by atoms with Gasteiger partial charge in [0.05, 0.1) is 19.2 Å². The van der Waals surface area contributed by atoms with Gasteiger partial charge in [0.1, 0.15) is 16.4 Å². The number of nitrogens with one attached hydrogen (secondary N) is 1. The van der Waals surface area contributed by atoms with Crippen molar-refractivity contribution in [3.8, 4) is 5.75 Å². The molecule has 1 atom stereocenters. The van der Waals surface area contributed by atoms with E-state index in [0.717, 1.165) is 22.0 Å². The van der Waals surface area contributed by atoms with Crippen LogP contribution in [-0.4, -0.2) is 28.9 Å². The molecule has 6 nitrogen and oxygen atoms in total. The number of aryl methyl sites for hydroxylation is 2. The standard InChI is InChI=1S/C23H22ClN3O3/c1-13-5-6-15-11-16(20(24)25-19(15)14(13)2)12-27-21(28)23(3,26-22(27)29)17-7-9-18(30-4)10-8-17/h5-11H,12H2,1-4H3,(H,26,29)/t23-/m1/s1. The molecule has 30 heavy (non-hydrogen) atoms. The zero-order valence-corrected chi connectivity index (χ0v) is 18.0. The van der Waals surface area contributed by atoms with E-state index in [-0.39, 0.29) is 17.6 Å². The number of ether oxygens (including phenoxy) is 1. The first kappa shape index (κ1) is 20.2. The van der Waals surface area contributed by atoms with E-state index in [1.165, 1.54) is 4.90 Å². The fourth-order valence-electron chi connectivity index (χ4n) is 3.75. The van der Waals surface area contributed by atoms with Crippen molar-refractivity contribution < 1.29 is 14.3 Å². The number of hydrogen-bond acceptors (Lipinski definition) is 4. The molecule has 0 radical (unpaired) electrons. The molecule has 0 spiro atoms. The lowest BCUT2D eigenvalue weighted by atomic mass is 9.92. The zero-order chi connectivity index (χ0) is 21.6. The number of amides is 3. The van der Waals surface area contributed by atoms with Gasteiger partial charge in [-0.1, -0.05) is 35.9 Å². The van der Waals surface area contributed by atoms with E-state index in [4.69, 9.17) is 16.3 Å². The van der Waals surface area contributed by atoms with Crippen molar-refractivity contribution in [2.24, 2.45) is 0 Å². The summed E-state index contributed by atoms with van der Waals surface area (Å²) in [5, 5.41) is 4.02. The number of methoxy groups -OCH3 is 1. The Morgan fingerprint density at radius 3 is 2.50 bits per heavy atom. The highest BCUT2D eigenvalue weighted by Crippen LogP contribution is 2.32. The number of carbonyl (C=O) groups is 2. The van der Waals surface area contributed by atoms with Crippen LogP contribution in [0.5, 0.6) is 5.75 Å². The number of benzene rings is 2. The maximum atomic E-state index is 13.2. The highest BCUT2D eigenvalue weighted by molar-refractivity contribution is 6.30. The van der Waals surface area contributed by atoms with Gasteiger partial charge in [0.15, 0.2) is 0 Å². The molecule has 0 unspecified atom stereocenters. The Kier molecular flexibility index (Phi) is 4.90. The van der Waals surface area contributed by atoms with Crippen LogP contribution in [0.15, 0.2) is 42.5 Å². The quantitative estimate of drug-likeness (QED) is 0.496. The van der Waals surface area contributed by atoms with Crippen LogP contribution in [-0.2, 0) is 16.9 Å². The molecule has 154 valence electrons. The zero-order valence-electron chi connectivity index (χ0n) is 17.2. The topological polar surface area (TPSA) is 71.5 Å². The smallest absolute Gasteiger partial charge is 0.325 e. The molecular weight excluding hydrogens is 402 g/mol. The van der Waals surface area contributed by atoms with E-state index in [0.29, 0.717) is 16.9 Å². The third-order valence-corrected chi connectivity index (χ3v) is 6.14. The summed E-state index contributed by atoms with van der Waals surface area (Å²) in [5.41, 5.74) is 3.15. The number of rotatable bonds is 4. The van der Waals surface area contributed by atoms with Crippen molar-refractivity contribution in [2.45, 2.75) is 32.9 Å². The van der Waals surface area contributed by atoms with Crippen LogP contribution >= 0.6 is 11.6 Å². The number of halogens is 1. The molecule has 0 aliphatic carbocycles. The second kappa shape index (κ2) is 7.29. The summed E-state index contributed by atoms with van der Waals surface area (Å²) in [6, 6.07) is 12.5. The number of fused-ring (bicyclic) bond motifs is 1. The molecule has 7 heteroatoms. The van der Waals surface area contributed by atoms with E-state index in [1.54, 1.807) is 38.3 Å². The average Bonchev–Trinajstić information content (AvgIpc) is 2.96. The van der Waals surface area contributed by atoms with Gasteiger partial charge >= 0.3 is 6.03 Å². The van der Waals surface area contributed by atoms with Crippen LogP contribution in [0.2, 0.25) is 5.15 Å². The summed E-state index contributed by atoms with van der Waals surface area (Å²) in [4.78, 5) is 31.6. The molecule has 3 amide bonds. The largest absolute Gasteiger partial charge is 0.497 e. The van der Waals surface area contributed by atoms with Crippen molar-refractivity contribution in [3.05, 3.63) is 69.9 Å². The summed E-state index contributed by atoms with van der Waals surface area (Å²) in [6.07, 6.45) is 0. The number of carbonyl (C=O) groups excluding carboxylic acids is 2. The van der Waals surface area contributed by atoms with Gasteiger partial charge < -0.3 is 10.1 Å². The molecule has 1 aliphatic heterocycles. The van der Waals surface area contributed by atoms with Crippen LogP contribution in [0.4, 0.5) is 4.79 Å². The van der Waals surface area contributed by atoms with E-state index in [2.05, 4.69) is 10.3 Å². The maximum Gasteiger partial charge on any atom is 0.325 e. The Bertz CT molecular complexity index is 1180. The molecule has 1 fully saturated rings. The Labute approximate surface area is 179 Å². The molecule has 2 heterocycles. The van der Waals surface area contributed by atoms with Gasteiger partial charge in [0, 0.05) is 10.9 Å².